The molecule has 0 radical (unpaired) electrons. The summed E-state index contributed by atoms with van der Waals surface area (Å²) in [6, 6.07) is -0.555. The number of rotatable bonds is 8. The third-order valence-electron chi connectivity index (χ3n) is 1.45. The smallest absolute Gasteiger partial charge is 0.322 e. The van der Waals surface area contributed by atoms with Gasteiger partial charge in [0.25, 0.3) is 0 Å². The van der Waals surface area contributed by atoms with Gasteiger partial charge in [0.2, 0.25) is 0 Å². The molecule has 0 bridgehead atoms. The van der Waals surface area contributed by atoms with E-state index in [9.17, 15) is 4.79 Å². The summed E-state index contributed by atoms with van der Waals surface area (Å²) in [7, 11) is 0. The van der Waals surface area contributed by atoms with Crippen LogP contribution in [0.1, 0.15) is 6.42 Å². The number of carbonyl (C=O) groups excluding carboxylic acids is 1. The van der Waals surface area contributed by atoms with E-state index in [-0.39, 0.29) is 12.6 Å². The molecule has 0 heterocycles. The van der Waals surface area contributed by atoms with Crippen molar-refractivity contribution in [3.05, 3.63) is 0 Å². The number of nitrogens with two attached hydrogens (primary N) is 1. The first-order valence-corrected chi connectivity index (χ1v) is 6.22. The molecule has 1 atom stereocenters. The number of thioether (sulfide) groups is 1. The summed E-state index contributed by atoms with van der Waals surface area (Å²) >= 11 is 5.48. The first-order chi connectivity index (χ1) is 6.72. The van der Waals surface area contributed by atoms with Crippen molar-refractivity contribution in [3.8, 4) is 0 Å². The summed E-state index contributed by atoms with van der Waals surface area (Å²) in [5.74, 6) is 1.58. The maximum atomic E-state index is 11.1. The fraction of sp³-hybridized carbons (Fsp3) is 0.875. The van der Waals surface area contributed by atoms with Crippen molar-refractivity contribution in [3.63, 3.8) is 0 Å². The molecule has 3 N–H and O–H groups in total. The van der Waals surface area contributed by atoms with Crippen molar-refractivity contribution in [2.45, 2.75) is 12.5 Å². The van der Waals surface area contributed by atoms with Crippen LogP contribution in [0.2, 0.25) is 0 Å². The fourth-order valence-corrected chi connectivity index (χ4v) is 1.59. The maximum absolute atomic E-state index is 11.1. The maximum Gasteiger partial charge on any atom is 0.322 e. The molecule has 4 nitrogen and oxygen atoms in total. The molecule has 0 saturated carbocycles. The molecular weight excluding hydrogens is 222 g/mol. The van der Waals surface area contributed by atoms with Gasteiger partial charge in [0.15, 0.2) is 0 Å². The average molecular weight is 239 g/mol. The van der Waals surface area contributed by atoms with E-state index in [4.69, 9.17) is 15.6 Å². The van der Waals surface area contributed by atoms with E-state index in [1.165, 1.54) is 0 Å². The molecule has 0 unspecified atom stereocenters. The summed E-state index contributed by atoms with van der Waals surface area (Å²) < 4.78 is 4.81. The lowest BCUT2D eigenvalue weighted by Gasteiger charge is -2.10. The summed E-state index contributed by atoms with van der Waals surface area (Å²) in [5, 5.41) is 8.50. The Morgan fingerprint density at radius 1 is 1.57 bits per heavy atom. The highest BCUT2D eigenvalue weighted by Crippen LogP contribution is 2.04. The van der Waals surface area contributed by atoms with E-state index >= 15 is 0 Å². The Balaban J connectivity index is 3.42. The third kappa shape index (κ3) is 7.49. The van der Waals surface area contributed by atoms with E-state index in [0.717, 1.165) is 5.75 Å². The van der Waals surface area contributed by atoms with E-state index in [1.54, 1.807) is 11.8 Å². The van der Waals surface area contributed by atoms with E-state index in [0.29, 0.717) is 24.5 Å². The van der Waals surface area contributed by atoms with Gasteiger partial charge in [0.05, 0.1) is 6.61 Å². The molecule has 0 aliphatic rings. The highest BCUT2D eigenvalue weighted by molar-refractivity contribution is 7.99. The number of carbonyl (C=O) groups is 1. The number of esters is 1. The average Bonchev–Trinajstić information content (AvgIpc) is 2.20. The van der Waals surface area contributed by atoms with Crippen LogP contribution in [0.4, 0.5) is 0 Å². The highest BCUT2D eigenvalue weighted by Gasteiger charge is 2.13. The van der Waals surface area contributed by atoms with Gasteiger partial charge < -0.3 is 15.6 Å². The topological polar surface area (TPSA) is 72.5 Å². The number of hydrogen-bond donors (Lipinski definition) is 3. The van der Waals surface area contributed by atoms with Crippen molar-refractivity contribution in [1.82, 2.24) is 0 Å². The minimum absolute atomic E-state index is 0.157. The Bertz CT molecular complexity index is 158. The number of ether oxygens (including phenoxy) is 1. The molecule has 6 heteroatoms. The largest absolute Gasteiger partial charge is 0.464 e. The predicted octanol–water partition coefficient (Wildman–Crippen LogP) is -0.0977. The minimum atomic E-state index is -0.555. The Hall–Kier alpha value is 0.0900. The second-order valence-electron chi connectivity index (χ2n) is 2.62. The molecule has 0 aromatic carbocycles. The van der Waals surface area contributed by atoms with Crippen LogP contribution in [-0.2, 0) is 9.53 Å². The fourth-order valence-electron chi connectivity index (χ4n) is 0.748. The normalized spacial score (nSPS) is 12.5. The van der Waals surface area contributed by atoms with Gasteiger partial charge in [0, 0.05) is 11.5 Å². The zero-order valence-corrected chi connectivity index (χ0v) is 9.73. The zero-order valence-electron chi connectivity index (χ0n) is 8.02. The van der Waals surface area contributed by atoms with E-state index in [2.05, 4.69) is 12.6 Å². The third-order valence-corrected chi connectivity index (χ3v) is 2.63. The molecule has 0 spiro atoms. The molecule has 14 heavy (non-hydrogen) atoms. The monoisotopic (exact) mass is 239 g/mol. The van der Waals surface area contributed by atoms with E-state index in [1.807, 2.05) is 0 Å². The molecule has 0 saturated heterocycles. The van der Waals surface area contributed by atoms with Gasteiger partial charge in [-0.1, -0.05) is 0 Å². The van der Waals surface area contributed by atoms with Crippen LogP contribution in [0.5, 0.6) is 0 Å². The molecule has 0 aliphatic carbocycles. The Morgan fingerprint density at radius 2 is 2.29 bits per heavy atom. The summed E-state index contributed by atoms with van der Waals surface area (Å²) in [6.07, 6.45) is 0.579. The van der Waals surface area contributed by atoms with Gasteiger partial charge in [-0.2, -0.15) is 24.4 Å². The lowest BCUT2D eigenvalue weighted by Crippen LogP contribution is -2.33. The summed E-state index contributed by atoms with van der Waals surface area (Å²) in [4.78, 5) is 11.1. The van der Waals surface area contributed by atoms with Crippen molar-refractivity contribution >= 4 is 30.4 Å². The first kappa shape index (κ1) is 14.1. The van der Waals surface area contributed by atoms with Crippen LogP contribution in [0.15, 0.2) is 0 Å². The van der Waals surface area contributed by atoms with E-state index < -0.39 is 6.04 Å². The number of thiol groups is 1. The quantitative estimate of drug-likeness (QED) is 0.313. The van der Waals surface area contributed by atoms with Crippen LogP contribution in [0.25, 0.3) is 0 Å². The van der Waals surface area contributed by atoms with Crippen molar-refractivity contribution in [2.24, 2.45) is 5.73 Å². The SMILES string of the molecule is N[C@@H](CCSCCO)C(=O)OCCS. The van der Waals surface area contributed by atoms with Gasteiger partial charge in [-0.25, -0.2) is 0 Å². The predicted molar refractivity (Wildman–Crippen MR) is 61.8 cm³/mol. The van der Waals surface area contributed by atoms with Crippen molar-refractivity contribution in [2.75, 3.05) is 30.5 Å². The van der Waals surface area contributed by atoms with Gasteiger partial charge in [-0.15, -0.1) is 0 Å². The standard InChI is InChI=1S/C8H17NO3S2/c9-7(1-5-14-6-2-10)8(11)12-3-4-13/h7,10,13H,1-6,9H2/t7-/m0/s1. The first-order valence-electron chi connectivity index (χ1n) is 4.44. The van der Waals surface area contributed by atoms with Crippen LogP contribution in [0.3, 0.4) is 0 Å². The Morgan fingerprint density at radius 3 is 2.86 bits per heavy atom. The van der Waals surface area contributed by atoms with Crippen LogP contribution >= 0.6 is 24.4 Å². The molecular formula is C8H17NO3S2. The van der Waals surface area contributed by atoms with Crippen molar-refractivity contribution in [1.29, 1.82) is 0 Å². The second kappa shape index (κ2) is 9.64. The van der Waals surface area contributed by atoms with Crippen molar-refractivity contribution < 1.29 is 14.6 Å². The lowest BCUT2D eigenvalue weighted by atomic mass is 10.2. The number of hydrogen-bond acceptors (Lipinski definition) is 6. The molecule has 0 rings (SSSR count). The summed E-state index contributed by atoms with van der Waals surface area (Å²) in [5.41, 5.74) is 5.56. The molecule has 0 aromatic heterocycles. The van der Waals surface area contributed by atoms with Gasteiger partial charge >= 0.3 is 5.97 Å². The number of aliphatic hydroxyl groups excluding tert-OH is 1. The number of aliphatic hydroxyl groups is 1. The molecule has 84 valence electrons. The molecule has 0 aromatic rings. The molecule has 0 fully saturated rings. The highest BCUT2D eigenvalue weighted by atomic mass is 32.2. The van der Waals surface area contributed by atoms with Gasteiger partial charge in [-0.3, -0.25) is 4.79 Å². The Kier molecular flexibility index (Phi) is 9.70. The molecule has 0 aliphatic heterocycles. The van der Waals surface area contributed by atoms with Crippen LogP contribution < -0.4 is 5.73 Å². The summed E-state index contributed by atoms with van der Waals surface area (Å²) in [6.45, 7) is 0.462. The van der Waals surface area contributed by atoms with Gasteiger partial charge in [-0.05, 0) is 12.2 Å². The lowest BCUT2D eigenvalue weighted by molar-refractivity contribution is -0.144. The minimum Gasteiger partial charge on any atom is -0.464 e. The van der Waals surface area contributed by atoms with Gasteiger partial charge in [0.1, 0.15) is 12.6 Å². The zero-order chi connectivity index (χ0) is 10.8. The second-order valence-corrected chi connectivity index (χ2v) is 4.29. The van der Waals surface area contributed by atoms with Crippen LogP contribution in [-0.4, -0.2) is 47.6 Å². The molecule has 0 amide bonds. The van der Waals surface area contributed by atoms with Crippen LogP contribution in [0, 0.1) is 0 Å². The Labute approximate surface area is 94.0 Å².